The Balaban J connectivity index is 1.61. The summed E-state index contributed by atoms with van der Waals surface area (Å²) in [4.78, 5) is 15.8. The fourth-order valence-corrected chi connectivity index (χ4v) is 4.12. The molecule has 1 amide bonds. The van der Waals surface area contributed by atoms with Gasteiger partial charge in [-0.25, -0.2) is 0 Å². The third-order valence-electron chi connectivity index (χ3n) is 4.88. The molecule has 0 unspecified atom stereocenters. The summed E-state index contributed by atoms with van der Waals surface area (Å²) in [6, 6.07) is 13.7. The summed E-state index contributed by atoms with van der Waals surface area (Å²) in [6.07, 6.45) is 0.446. The number of hydrogen-bond acceptors (Lipinski definition) is 5. The summed E-state index contributed by atoms with van der Waals surface area (Å²) in [5.41, 5.74) is 3.23. The van der Waals surface area contributed by atoms with Gasteiger partial charge < -0.3 is 9.32 Å². The maximum absolute atomic E-state index is 12.8. The van der Waals surface area contributed by atoms with Gasteiger partial charge in [0.05, 0.1) is 17.1 Å². The van der Waals surface area contributed by atoms with Crippen LogP contribution in [0.15, 0.2) is 51.8 Å². The molecule has 1 aromatic heterocycles. The van der Waals surface area contributed by atoms with Crippen molar-refractivity contribution in [2.24, 2.45) is 0 Å². The first-order valence-electron chi connectivity index (χ1n) is 9.92. The van der Waals surface area contributed by atoms with Crippen LogP contribution in [0.2, 0.25) is 5.02 Å². The van der Waals surface area contributed by atoms with Crippen molar-refractivity contribution in [3.63, 3.8) is 0 Å². The van der Waals surface area contributed by atoms with E-state index in [0.717, 1.165) is 5.75 Å². The van der Waals surface area contributed by atoms with E-state index in [0.29, 0.717) is 28.8 Å². The van der Waals surface area contributed by atoms with Gasteiger partial charge in [0.15, 0.2) is 0 Å². The van der Waals surface area contributed by atoms with E-state index in [1.807, 2.05) is 32.0 Å². The molecule has 0 radical (unpaired) electrons. The van der Waals surface area contributed by atoms with Crippen LogP contribution in [0, 0.1) is 13.8 Å². The predicted molar refractivity (Wildman–Crippen MR) is 122 cm³/mol. The van der Waals surface area contributed by atoms with Crippen LogP contribution in [0.1, 0.15) is 37.3 Å². The summed E-state index contributed by atoms with van der Waals surface area (Å²) in [5.74, 6) is 1.55. The van der Waals surface area contributed by atoms with Gasteiger partial charge in [-0.15, -0.1) is 22.0 Å². The molecule has 30 heavy (non-hydrogen) atoms. The van der Waals surface area contributed by atoms with Gasteiger partial charge >= 0.3 is 0 Å². The Morgan fingerprint density at radius 2 is 1.90 bits per heavy atom. The van der Waals surface area contributed by atoms with Crippen LogP contribution in [-0.4, -0.2) is 32.8 Å². The van der Waals surface area contributed by atoms with Gasteiger partial charge in [-0.05, 0) is 63.1 Å². The molecule has 0 saturated carbocycles. The maximum atomic E-state index is 12.8. The Labute approximate surface area is 186 Å². The highest BCUT2D eigenvalue weighted by Gasteiger charge is 2.21. The first-order valence-corrected chi connectivity index (χ1v) is 11.3. The van der Waals surface area contributed by atoms with Crippen molar-refractivity contribution in [3.05, 3.63) is 64.5 Å². The monoisotopic (exact) mass is 443 g/mol. The molecule has 0 bridgehead atoms. The van der Waals surface area contributed by atoms with Crippen LogP contribution >= 0.6 is 23.4 Å². The predicted octanol–water partition coefficient (Wildman–Crippen LogP) is 5.93. The minimum absolute atomic E-state index is 0.0276. The lowest BCUT2D eigenvalue weighted by Gasteiger charge is -2.25. The van der Waals surface area contributed by atoms with Crippen LogP contribution in [0.3, 0.4) is 0 Å². The summed E-state index contributed by atoms with van der Waals surface area (Å²) in [5, 5.41) is 8.75. The largest absolute Gasteiger partial charge is 0.419 e. The second-order valence-corrected chi connectivity index (χ2v) is 9.02. The fraction of sp³-hybridized carbons (Fsp3) is 0.348. The van der Waals surface area contributed by atoms with Crippen LogP contribution in [0.4, 0.5) is 0 Å². The highest BCUT2D eigenvalue weighted by Crippen LogP contribution is 2.27. The first-order chi connectivity index (χ1) is 14.3. The zero-order valence-corrected chi connectivity index (χ0v) is 19.3. The molecule has 0 fully saturated rings. The number of nitrogens with zero attached hydrogens (tertiary/aromatic N) is 3. The molecule has 0 atom stereocenters. The standard InChI is InChI=1S/C23H26ClN3O2S/c1-15(2)27(22(28)11-12-30-18-10-9-16(3)17(4)13-18)14-21-25-26-23(29-21)19-7-5-6-8-20(19)24/h5-10,13,15H,11-12,14H2,1-4H3. The second kappa shape index (κ2) is 10.1. The first kappa shape index (κ1) is 22.4. The Morgan fingerprint density at radius 1 is 1.13 bits per heavy atom. The van der Waals surface area contributed by atoms with Crippen molar-refractivity contribution in [3.8, 4) is 11.5 Å². The average Bonchev–Trinajstić information content (AvgIpc) is 3.17. The van der Waals surface area contributed by atoms with E-state index in [2.05, 4.69) is 42.2 Å². The molecule has 2 aromatic carbocycles. The maximum Gasteiger partial charge on any atom is 0.249 e. The quantitative estimate of drug-likeness (QED) is 0.404. The Kier molecular flexibility index (Phi) is 7.56. The zero-order valence-electron chi connectivity index (χ0n) is 17.7. The number of aromatic nitrogens is 2. The summed E-state index contributed by atoms with van der Waals surface area (Å²) < 4.78 is 5.77. The topological polar surface area (TPSA) is 59.2 Å². The van der Waals surface area contributed by atoms with Crippen molar-refractivity contribution in [2.45, 2.75) is 51.6 Å². The van der Waals surface area contributed by atoms with Crippen molar-refractivity contribution >= 4 is 29.3 Å². The molecule has 0 saturated heterocycles. The second-order valence-electron chi connectivity index (χ2n) is 7.44. The van der Waals surface area contributed by atoms with E-state index in [1.54, 1.807) is 22.7 Å². The van der Waals surface area contributed by atoms with Crippen LogP contribution in [0.5, 0.6) is 0 Å². The Bertz CT molecular complexity index is 1020. The molecule has 0 aliphatic rings. The molecular formula is C23H26ClN3O2S. The number of benzene rings is 2. The molecular weight excluding hydrogens is 418 g/mol. The highest BCUT2D eigenvalue weighted by molar-refractivity contribution is 7.99. The Morgan fingerprint density at radius 3 is 2.60 bits per heavy atom. The number of carbonyl (C=O) groups is 1. The summed E-state index contributed by atoms with van der Waals surface area (Å²) in [6.45, 7) is 8.45. The van der Waals surface area contributed by atoms with Crippen molar-refractivity contribution < 1.29 is 9.21 Å². The summed E-state index contributed by atoms with van der Waals surface area (Å²) >= 11 is 7.90. The minimum atomic E-state index is 0.0276. The van der Waals surface area contributed by atoms with Crippen LogP contribution in [-0.2, 0) is 11.3 Å². The molecule has 0 N–H and O–H groups in total. The van der Waals surface area contributed by atoms with Gasteiger partial charge in [0.1, 0.15) is 0 Å². The van der Waals surface area contributed by atoms with Gasteiger partial charge in [0.25, 0.3) is 0 Å². The Hall–Kier alpha value is -2.31. The number of amides is 1. The van der Waals surface area contributed by atoms with Crippen molar-refractivity contribution in [1.29, 1.82) is 0 Å². The van der Waals surface area contributed by atoms with E-state index in [1.165, 1.54) is 16.0 Å². The van der Waals surface area contributed by atoms with Gasteiger partial charge in [0, 0.05) is 23.1 Å². The molecule has 7 heteroatoms. The average molecular weight is 444 g/mol. The normalized spacial score (nSPS) is 11.1. The lowest BCUT2D eigenvalue weighted by Crippen LogP contribution is -2.36. The third-order valence-corrected chi connectivity index (χ3v) is 6.21. The van der Waals surface area contributed by atoms with Gasteiger partial charge in [-0.3, -0.25) is 4.79 Å². The molecule has 3 rings (SSSR count). The molecule has 3 aromatic rings. The van der Waals surface area contributed by atoms with Gasteiger partial charge in [0.2, 0.25) is 17.7 Å². The third kappa shape index (κ3) is 5.64. The van der Waals surface area contributed by atoms with Crippen LogP contribution < -0.4 is 0 Å². The van der Waals surface area contributed by atoms with E-state index >= 15 is 0 Å². The number of aryl methyl sites for hydroxylation is 2. The number of hydrogen-bond donors (Lipinski definition) is 0. The number of thioether (sulfide) groups is 1. The zero-order chi connectivity index (χ0) is 21.7. The van der Waals surface area contributed by atoms with E-state index in [4.69, 9.17) is 16.0 Å². The van der Waals surface area contributed by atoms with Crippen molar-refractivity contribution in [2.75, 3.05) is 5.75 Å². The minimum Gasteiger partial charge on any atom is -0.419 e. The molecule has 1 heterocycles. The number of rotatable bonds is 8. The number of carbonyl (C=O) groups excluding carboxylic acids is 1. The number of halogens is 1. The highest BCUT2D eigenvalue weighted by atomic mass is 35.5. The lowest BCUT2D eigenvalue weighted by molar-refractivity contribution is -0.133. The van der Waals surface area contributed by atoms with Crippen molar-refractivity contribution in [1.82, 2.24) is 15.1 Å². The van der Waals surface area contributed by atoms with Gasteiger partial charge in [-0.2, -0.15) is 0 Å². The van der Waals surface area contributed by atoms with Gasteiger partial charge in [-0.1, -0.05) is 29.8 Å². The molecule has 158 valence electrons. The molecule has 0 aliphatic heterocycles. The van der Waals surface area contributed by atoms with E-state index < -0.39 is 0 Å². The van der Waals surface area contributed by atoms with Crippen LogP contribution in [0.25, 0.3) is 11.5 Å². The lowest BCUT2D eigenvalue weighted by atomic mass is 10.1. The fourth-order valence-electron chi connectivity index (χ4n) is 2.97. The van der Waals surface area contributed by atoms with E-state index in [9.17, 15) is 4.79 Å². The summed E-state index contributed by atoms with van der Waals surface area (Å²) in [7, 11) is 0. The van der Waals surface area contributed by atoms with E-state index in [-0.39, 0.29) is 18.5 Å². The SMILES string of the molecule is Cc1ccc(SCCC(=O)N(Cc2nnc(-c3ccccc3Cl)o2)C(C)C)cc1C. The molecule has 0 spiro atoms. The molecule has 5 nitrogen and oxygen atoms in total. The smallest absolute Gasteiger partial charge is 0.249 e. The molecule has 0 aliphatic carbocycles.